The lowest BCUT2D eigenvalue weighted by Crippen LogP contribution is -2.02. The number of para-hydroxylation sites is 1. The van der Waals surface area contributed by atoms with Crippen LogP contribution in [0.15, 0.2) is 54.6 Å². The lowest BCUT2D eigenvalue weighted by atomic mass is 10.1. The van der Waals surface area contributed by atoms with Gasteiger partial charge in [0.2, 0.25) is 0 Å². The summed E-state index contributed by atoms with van der Waals surface area (Å²) in [6.45, 7) is 3.33. The second kappa shape index (κ2) is 7.45. The molecule has 0 aliphatic rings. The number of nitrogens with one attached hydrogen (secondary N) is 2. The van der Waals surface area contributed by atoms with Crippen molar-refractivity contribution in [2.75, 3.05) is 10.6 Å². The van der Waals surface area contributed by atoms with Gasteiger partial charge in [0.1, 0.15) is 23.5 Å². The van der Waals surface area contributed by atoms with Gasteiger partial charge in [-0.2, -0.15) is 5.26 Å². The van der Waals surface area contributed by atoms with Gasteiger partial charge < -0.3 is 10.6 Å². The zero-order valence-corrected chi connectivity index (χ0v) is 14.4. The van der Waals surface area contributed by atoms with E-state index in [1.54, 1.807) is 31.2 Å². The van der Waals surface area contributed by atoms with E-state index in [4.69, 9.17) is 0 Å². The van der Waals surface area contributed by atoms with E-state index in [0.717, 1.165) is 5.69 Å². The summed E-state index contributed by atoms with van der Waals surface area (Å²) in [7, 11) is 0. The second-order valence-electron chi connectivity index (χ2n) is 5.73. The Kier molecular flexibility index (Phi) is 4.90. The topological polar surface area (TPSA) is 90.7 Å². The van der Waals surface area contributed by atoms with Crippen molar-refractivity contribution in [2.24, 2.45) is 0 Å². The van der Waals surface area contributed by atoms with Gasteiger partial charge in [0, 0.05) is 17.3 Å². The van der Waals surface area contributed by atoms with Crippen molar-refractivity contribution in [3.05, 3.63) is 71.5 Å². The fourth-order valence-corrected chi connectivity index (χ4v) is 2.46. The van der Waals surface area contributed by atoms with Crippen molar-refractivity contribution in [3.8, 4) is 6.07 Å². The number of nitrogens with zero attached hydrogens (tertiary/aromatic N) is 3. The molecule has 6 nitrogen and oxygen atoms in total. The third-order valence-electron chi connectivity index (χ3n) is 3.71. The van der Waals surface area contributed by atoms with Crippen LogP contribution in [0.25, 0.3) is 0 Å². The first kappa shape index (κ1) is 17.1. The van der Waals surface area contributed by atoms with Gasteiger partial charge >= 0.3 is 0 Å². The van der Waals surface area contributed by atoms with Crippen molar-refractivity contribution in [1.82, 2.24) is 9.97 Å². The molecule has 2 aromatic carbocycles. The monoisotopic (exact) mass is 343 g/mol. The van der Waals surface area contributed by atoms with Gasteiger partial charge in [0.25, 0.3) is 0 Å². The molecule has 0 atom stereocenters. The standard InChI is InChI=1S/C20H17N5O/c1-13(26)15-7-9-17(10-8-15)24-19-11-20(23-14(2)22-19)25-18-6-4-3-5-16(18)12-21/h3-11H,1-2H3,(H2,22,23,24,25). The van der Waals surface area contributed by atoms with E-state index in [2.05, 4.69) is 26.7 Å². The minimum absolute atomic E-state index is 0.0251. The van der Waals surface area contributed by atoms with Crippen LogP contribution in [0.1, 0.15) is 28.7 Å². The van der Waals surface area contributed by atoms with Crippen LogP contribution in [0, 0.1) is 18.3 Å². The summed E-state index contributed by atoms with van der Waals surface area (Å²) >= 11 is 0. The van der Waals surface area contributed by atoms with E-state index >= 15 is 0 Å². The number of Topliss-reactive ketones (excluding diaryl/α,β-unsaturated/α-hetero) is 1. The van der Waals surface area contributed by atoms with Crippen LogP contribution in [0.4, 0.5) is 23.0 Å². The average Bonchev–Trinajstić information content (AvgIpc) is 2.62. The molecule has 0 amide bonds. The minimum Gasteiger partial charge on any atom is -0.340 e. The highest BCUT2D eigenvalue weighted by molar-refractivity contribution is 5.94. The molecule has 26 heavy (non-hydrogen) atoms. The summed E-state index contributed by atoms with van der Waals surface area (Å²) in [5.74, 6) is 1.82. The highest BCUT2D eigenvalue weighted by Crippen LogP contribution is 2.22. The molecule has 0 unspecified atom stereocenters. The van der Waals surface area contributed by atoms with E-state index in [1.807, 2.05) is 30.3 Å². The summed E-state index contributed by atoms with van der Waals surface area (Å²) in [5.41, 5.74) is 2.70. The zero-order chi connectivity index (χ0) is 18.5. The first-order valence-electron chi connectivity index (χ1n) is 8.05. The molecule has 0 saturated carbocycles. The minimum atomic E-state index is 0.0251. The first-order chi connectivity index (χ1) is 12.5. The number of hydrogen-bond donors (Lipinski definition) is 2. The molecular formula is C20H17N5O. The number of anilines is 4. The van der Waals surface area contributed by atoms with Crippen molar-refractivity contribution in [2.45, 2.75) is 13.8 Å². The van der Waals surface area contributed by atoms with E-state index in [-0.39, 0.29) is 5.78 Å². The Balaban J connectivity index is 1.83. The third-order valence-corrected chi connectivity index (χ3v) is 3.71. The van der Waals surface area contributed by atoms with Gasteiger partial charge in [-0.15, -0.1) is 0 Å². The maximum atomic E-state index is 11.4. The molecule has 0 fully saturated rings. The van der Waals surface area contributed by atoms with Crippen molar-refractivity contribution >= 4 is 28.8 Å². The van der Waals surface area contributed by atoms with Crippen molar-refractivity contribution < 1.29 is 4.79 Å². The Morgan fingerprint density at radius 2 is 1.65 bits per heavy atom. The van der Waals surface area contributed by atoms with E-state index in [1.165, 1.54) is 6.92 Å². The van der Waals surface area contributed by atoms with Crippen LogP contribution < -0.4 is 10.6 Å². The van der Waals surface area contributed by atoms with Gasteiger partial charge in [0.15, 0.2) is 5.78 Å². The predicted molar refractivity (Wildman–Crippen MR) is 101 cm³/mol. The first-order valence-corrected chi connectivity index (χ1v) is 8.05. The number of aryl methyl sites for hydroxylation is 1. The molecule has 0 spiro atoms. The smallest absolute Gasteiger partial charge is 0.159 e. The molecule has 128 valence electrons. The molecule has 0 saturated heterocycles. The summed E-state index contributed by atoms with van der Waals surface area (Å²) < 4.78 is 0. The molecule has 1 heterocycles. The van der Waals surface area contributed by atoms with Crippen LogP contribution in [0.3, 0.4) is 0 Å². The summed E-state index contributed by atoms with van der Waals surface area (Å²) in [6, 6.07) is 18.3. The van der Waals surface area contributed by atoms with Crippen LogP contribution in [-0.4, -0.2) is 15.8 Å². The Morgan fingerprint density at radius 3 is 2.31 bits per heavy atom. The molecule has 0 radical (unpaired) electrons. The maximum Gasteiger partial charge on any atom is 0.159 e. The number of carbonyl (C=O) groups is 1. The normalized spacial score (nSPS) is 10.0. The van der Waals surface area contributed by atoms with E-state index in [0.29, 0.717) is 34.3 Å². The highest BCUT2D eigenvalue weighted by atomic mass is 16.1. The second-order valence-corrected chi connectivity index (χ2v) is 5.73. The highest BCUT2D eigenvalue weighted by Gasteiger charge is 2.06. The van der Waals surface area contributed by atoms with Gasteiger partial charge in [-0.3, -0.25) is 4.79 Å². The molecule has 0 aliphatic carbocycles. The number of benzene rings is 2. The largest absolute Gasteiger partial charge is 0.340 e. The van der Waals surface area contributed by atoms with Crippen LogP contribution in [0.5, 0.6) is 0 Å². The third kappa shape index (κ3) is 4.02. The van der Waals surface area contributed by atoms with Crippen LogP contribution >= 0.6 is 0 Å². The molecule has 6 heteroatoms. The number of nitriles is 1. The molecule has 3 aromatic rings. The molecular weight excluding hydrogens is 326 g/mol. The molecule has 0 bridgehead atoms. The van der Waals surface area contributed by atoms with Crippen molar-refractivity contribution in [3.63, 3.8) is 0 Å². The van der Waals surface area contributed by atoms with E-state index in [9.17, 15) is 10.1 Å². The predicted octanol–water partition coefficient (Wildman–Crippen LogP) is 4.35. The summed E-state index contributed by atoms with van der Waals surface area (Å²) in [6.07, 6.45) is 0. The Hall–Kier alpha value is -3.72. The summed E-state index contributed by atoms with van der Waals surface area (Å²) in [5, 5.41) is 15.6. The lowest BCUT2D eigenvalue weighted by Gasteiger charge is -2.11. The van der Waals surface area contributed by atoms with Crippen LogP contribution in [-0.2, 0) is 0 Å². The number of hydrogen-bond acceptors (Lipinski definition) is 6. The van der Waals surface area contributed by atoms with Gasteiger partial charge in [0.05, 0.1) is 11.3 Å². The fourth-order valence-electron chi connectivity index (χ4n) is 2.46. The Bertz CT molecular complexity index is 990. The number of aromatic nitrogens is 2. The number of rotatable bonds is 5. The van der Waals surface area contributed by atoms with Gasteiger partial charge in [-0.1, -0.05) is 12.1 Å². The summed E-state index contributed by atoms with van der Waals surface area (Å²) in [4.78, 5) is 20.1. The molecule has 1 aromatic heterocycles. The number of ketones is 1. The average molecular weight is 343 g/mol. The quantitative estimate of drug-likeness (QED) is 0.669. The van der Waals surface area contributed by atoms with Crippen LogP contribution in [0.2, 0.25) is 0 Å². The Morgan fingerprint density at radius 1 is 1.00 bits per heavy atom. The van der Waals surface area contributed by atoms with Crippen molar-refractivity contribution in [1.29, 1.82) is 5.26 Å². The maximum absolute atomic E-state index is 11.4. The van der Waals surface area contributed by atoms with Gasteiger partial charge in [-0.05, 0) is 50.2 Å². The van der Waals surface area contributed by atoms with E-state index < -0.39 is 0 Å². The molecule has 3 rings (SSSR count). The fraction of sp³-hybridized carbons (Fsp3) is 0.100. The number of carbonyl (C=O) groups excluding carboxylic acids is 1. The molecule has 0 aliphatic heterocycles. The molecule has 2 N–H and O–H groups in total. The SMILES string of the molecule is CC(=O)c1ccc(Nc2cc(Nc3ccccc3C#N)nc(C)n2)cc1. The lowest BCUT2D eigenvalue weighted by molar-refractivity contribution is 0.101. The van der Waals surface area contributed by atoms with Gasteiger partial charge in [-0.25, -0.2) is 9.97 Å². The zero-order valence-electron chi connectivity index (χ0n) is 14.4. The Labute approximate surface area is 151 Å².